The van der Waals surface area contributed by atoms with Crippen molar-refractivity contribution in [1.82, 2.24) is 20.2 Å². The molecular formula is C17H24F2IN5O. The number of benzene rings is 1. The maximum absolute atomic E-state index is 12.8. The Balaban J connectivity index is 0.00000338. The summed E-state index contributed by atoms with van der Waals surface area (Å²) in [7, 11) is 0. The van der Waals surface area contributed by atoms with Gasteiger partial charge >= 0.3 is 6.55 Å². The van der Waals surface area contributed by atoms with Crippen molar-refractivity contribution in [2.75, 3.05) is 19.7 Å². The number of hydrogen-bond donors (Lipinski definition) is 3. The molecular weight excluding hydrogens is 455 g/mol. The van der Waals surface area contributed by atoms with Gasteiger partial charge in [0.1, 0.15) is 12.4 Å². The molecule has 1 aromatic heterocycles. The molecule has 0 spiro atoms. The van der Waals surface area contributed by atoms with E-state index in [0.29, 0.717) is 19.0 Å². The number of guanidine groups is 1. The summed E-state index contributed by atoms with van der Waals surface area (Å²) in [5, 5.41) is 15.8. The third-order valence-corrected chi connectivity index (χ3v) is 3.69. The summed E-state index contributed by atoms with van der Waals surface area (Å²) in [6.07, 6.45) is 2.56. The first-order valence-corrected chi connectivity index (χ1v) is 8.13. The molecule has 0 aliphatic carbocycles. The highest BCUT2D eigenvalue weighted by Gasteiger charge is 2.13. The van der Waals surface area contributed by atoms with Gasteiger partial charge in [-0.2, -0.15) is 8.78 Å². The van der Waals surface area contributed by atoms with Crippen LogP contribution < -0.4 is 10.6 Å². The van der Waals surface area contributed by atoms with Gasteiger partial charge in [-0.1, -0.05) is 30.3 Å². The summed E-state index contributed by atoms with van der Waals surface area (Å²) in [5.74, 6) is 0.586. The van der Waals surface area contributed by atoms with Crippen molar-refractivity contribution in [3.63, 3.8) is 0 Å². The minimum atomic E-state index is -2.64. The standard InChI is InChI=1S/C17H23F2N5O.HI/c1-2-20-17(23-11-15-21-8-9-24(15)16(18)19)22-10-14(12-25)13-6-4-3-5-7-13;/h3-9,14,16,25H,2,10-12H2,1H3,(H2,20,22,23);1H. The van der Waals surface area contributed by atoms with Gasteiger partial charge in [0.15, 0.2) is 5.96 Å². The van der Waals surface area contributed by atoms with Crippen LogP contribution in [-0.2, 0) is 6.54 Å². The van der Waals surface area contributed by atoms with E-state index in [1.807, 2.05) is 37.3 Å². The minimum absolute atomic E-state index is 0. The zero-order valence-electron chi connectivity index (χ0n) is 14.5. The van der Waals surface area contributed by atoms with Crippen LogP contribution in [0.5, 0.6) is 0 Å². The van der Waals surface area contributed by atoms with E-state index in [2.05, 4.69) is 20.6 Å². The fourth-order valence-electron chi connectivity index (χ4n) is 2.37. The molecule has 9 heteroatoms. The summed E-state index contributed by atoms with van der Waals surface area (Å²) < 4.78 is 26.5. The Kier molecular flexibility index (Phi) is 10.1. The highest BCUT2D eigenvalue weighted by atomic mass is 127. The largest absolute Gasteiger partial charge is 0.396 e. The smallest absolute Gasteiger partial charge is 0.319 e. The Labute approximate surface area is 168 Å². The number of imidazole rings is 1. The lowest BCUT2D eigenvalue weighted by Crippen LogP contribution is -2.40. The molecule has 0 aliphatic rings. The van der Waals surface area contributed by atoms with Gasteiger partial charge in [0.25, 0.3) is 0 Å². The number of halogens is 3. The van der Waals surface area contributed by atoms with Crippen LogP contribution >= 0.6 is 24.0 Å². The van der Waals surface area contributed by atoms with Crippen LogP contribution in [0.3, 0.4) is 0 Å². The van der Waals surface area contributed by atoms with E-state index in [9.17, 15) is 13.9 Å². The second-order valence-corrected chi connectivity index (χ2v) is 5.39. The summed E-state index contributed by atoms with van der Waals surface area (Å²) in [5.41, 5.74) is 1.02. The van der Waals surface area contributed by atoms with E-state index < -0.39 is 6.55 Å². The summed E-state index contributed by atoms with van der Waals surface area (Å²) in [6, 6.07) is 9.66. The van der Waals surface area contributed by atoms with E-state index in [1.165, 1.54) is 12.4 Å². The van der Waals surface area contributed by atoms with E-state index >= 15 is 0 Å². The Morgan fingerprint density at radius 3 is 2.62 bits per heavy atom. The summed E-state index contributed by atoms with van der Waals surface area (Å²) in [6.45, 7) is 0.395. The quantitative estimate of drug-likeness (QED) is 0.309. The second kappa shape index (κ2) is 11.8. The van der Waals surface area contributed by atoms with Crippen molar-refractivity contribution in [3.05, 3.63) is 54.1 Å². The molecule has 6 nitrogen and oxygen atoms in total. The van der Waals surface area contributed by atoms with Crippen LogP contribution in [0, 0.1) is 0 Å². The van der Waals surface area contributed by atoms with Crippen molar-refractivity contribution in [1.29, 1.82) is 0 Å². The molecule has 2 rings (SSSR count). The molecule has 0 aliphatic heterocycles. The van der Waals surface area contributed by atoms with Gasteiger partial charge in [-0.25, -0.2) is 9.98 Å². The van der Waals surface area contributed by atoms with Crippen molar-refractivity contribution in [3.8, 4) is 0 Å². The molecule has 3 N–H and O–H groups in total. The number of aliphatic imine (C=N–C) groups is 1. The SMILES string of the molecule is CCNC(=NCc1nccn1C(F)F)NCC(CO)c1ccccc1.I. The average Bonchev–Trinajstić information content (AvgIpc) is 3.10. The fourth-order valence-corrected chi connectivity index (χ4v) is 2.37. The van der Waals surface area contributed by atoms with Gasteiger partial charge in [-0.3, -0.25) is 4.57 Å². The maximum atomic E-state index is 12.8. The van der Waals surface area contributed by atoms with Gasteiger partial charge in [0.2, 0.25) is 0 Å². The molecule has 1 atom stereocenters. The maximum Gasteiger partial charge on any atom is 0.319 e. The van der Waals surface area contributed by atoms with Gasteiger partial charge in [0, 0.05) is 31.4 Å². The molecule has 1 heterocycles. The number of nitrogens with zero attached hydrogens (tertiary/aromatic N) is 3. The monoisotopic (exact) mass is 479 g/mol. The second-order valence-electron chi connectivity index (χ2n) is 5.39. The van der Waals surface area contributed by atoms with E-state index in [1.54, 1.807) is 0 Å². The lowest BCUT2D eigenvalue weighted by Gasteiger charge is -2.18. The topological polar surface area (TPSA) is 74.5 Å². The first-order valence-electron chi connectivity index (χ1n) is 8.13. The van der Waals surface area contributed by atoms with Crippen molar-refractivity contribution >= 4 is 29.9 Å². The number of alkyl halides is 2. The number of rotatable bonds is 8. The molecule has 0 amide bonds. The van der Waals surface area contributed by atoms with E-state index in [0.717, 1.165) is 10.1 Å². The van der Waals surface area contributed by atoms with Gasteiger partial charge in [-0.05, 0) is 12.5 Å². The number of nitrogens with one attached hydrogen (secondary N) is 2. The Hall–Kier alpha value is -1.75. The van der Waals surface area contributed by atoms with Crippen molar-refractivity contribution < 1.29 is 13.9 Å². The first-order chi connectivity index (χ1) is 12.2. The molecule has 0 fully saturated rings. The highest BCUT2D eigenvalue weighted by Crippen LogP contribution is 2.14. The molecule has 2 aromatic rings. The molecule has 0 bridgehead atoms. The number of hydrogen-bond acceptors (Lipinski definition) is 3. The number of aliphatic hydroxyl groups is 1. The summed E-state index contributed by atoms with van der Waals surface area (Å²) >= 11 is 0. The minimum Gasteiger partial charge on any atom is -0.396 e. The first kappa shape index (κ1) is 22.3. The Morgan fingerprint density at radius 1 is 1.27 bits per heavy atom. The molecule has 0 saturated carbocycles. The van der Waals surface area contributed by atoms with Crippen LogP contribution in [-0.4, -0.2) is 40.3 Å². The number of aromatic nitrogens is 2. The van der Waals surface area contributed by atoms with Crippen LogP contribution in [0.4, 0.5) is 8.78 Å². The average molecular weight is 479 g/mol. The lowest BCUT2D eigenvalue weighted by atomic mass is 10.0. The fraction of sp³-hybridized carbons (Fsp3) is 0.412. The summed E-state index contributed by atoms with van der Waals surface area (Å²) in [4.78, 5) is 8.20. The Morgan fingerprint density at radius 2 is 2.00 bits per heavy atom. The predicted molar refractivity (Wildman–Crippen MR) is 108 cm³/mol. The molecule has 144 valence electrons. The molecule has 26 heavy (non-hydrogen) atoms. The lowest BCUT2D eigenvalue weighted by molar-refractivity contribution is 0.0671. The Bertz CT molecular complexity index is 666. The van der Waals surface area contributed by atoms with Gasteiger partial charge in [0.05, 0.1) is 6.61 Å². The molecule has 0 saturated heterocycles. The molecule has 1 unspecified atom stereocenters. The third-order valence-electron chi connectivity index (χ3n) is 3.69. The normalized spacial score (nSPS) is 12.6. The van der Waals surface area contributed by atoms with Crippen LogP contribution in [0.25, 0.3) is 0 Å². The van der Waals surface area contributed by atoms with Crippen molar-refractivity contribution in [2.45, 2.75) is 25.9 Å². The highest BCUT2D eigenvalue weighted by molar-refractivity contribution is 14.0. The van der Waals surface area contributed by atoms with Gasteiger partial charge < -0.3 is 15.7 Å². The zero-order valence-corrected chi connectivity index (χ0v) is 16.8. The zero-order chi connectivity index (χ0) is 18.1. The van der Waals surface area contributed by atoms with E-state index in [-0.39, 0.29) is 48.9 Å². The van der Waals surface area contributed by atoms with Crippen molar-refractivity contribution in [2.24, 2.45) is 4.99 Å². The predicted octanol–water partition coefficient (Wildman–Crippen LogP) is 2.73. The number of aliphatic hydroxyl groups excluding tert-OH is 1. The van der Waals surface area contributed by atoms with Crippen LogP contribution in [0.2, 0.25) is 0 Å². The third kappa shape index (κ3) is 6.52. The van der Waals surface area contributed by atoms with Gasteiger partial charge in [-0.15, -0.1) is 24.0 Å². The molecule has 1 aromatic carbocycles. The van der Waals surface area contributed by atoms with Crippen LogP contribution in [0.1, 0.15) is 30.8 Å². The van der Waals surface area contributed by atoms with E-state index in [4.69, 9.17) is 0 Å². The van der Waals surface area contributed by atoms with Crippen LogP contribution in [0.15, 0.2) is 47.7 Å². The molecule has 0 radical (unpaired) electrons.